The van der Waals surface area contributed by atoms with Crippen LogP contribution in [-0.2, 0) is 9.53 Å². The molecule has 25 heavy (non-hydrogen) atoms. The molecule has 0 radical (unpaired) electrons. The second-order valence-electron chi connectivity index (χ2n) is 5.35. The molecule has 0 heterocycles. The van der Waals surface area contributed by atoms with Crippen LogP contribution in [0.3, 0.4) is 0 Å². The summed E-state index contributed by atoms with van der Waals surface area (Å²) in [6.45, 7) is 4.36. The molecule has 2 aromatic carbocycles. The molecule has 0 saturated heterocycles. The van der Waals surface area contributed by atoms with Crippen molar-refractivity contribution in [2.24, 2.45) is 0 Å². The Bertz CT molecular complexity index is 779. The van der Waals surface area contributed by atoms with Crippen LogP contribution in [0.25, 0.3) is 6.08 Å². The van der Waals surface area contributed by atoms with Crippen molar-refractivity contribution in [3.63, 3.8) is 0 Å². The molecule has 1 N–H and O–H groups in total. The third-order valence-electron chi connectivity index (χ3n) is 3.52. The number of carbonyl (C=O) groups is 2. The number of esters is 1. The molecule has 0 fully saturated rings. The van der Waals surface area contributed by atoms with E-state index in [2.05, 4.69) is 10.1 Å². The van der Waals surface area contributed by atoms with E-state index in [1.54, 1.807) is 24.3 Å². The van der Waals surface area contributed by atoms with Crippen molar-refractivity contribution >= 4 is 23.6 Å². The van der Waals surface area contributed by atoms with E-state index in [9.17, 15) is 9.59 Å². The average molecular weight is 339 g/mol. The van der Waals surface area contributed by atoms with Gasteiger partial charge in [0, 0.05) is 11.8 Å². The summed E-state index contributed by atoms with van der Waals surface area (Å²) < 4.78 is 10.1. The number of carbonyl (C=O) groups excluding carboxylic acids is 2. The lowest BCUT2D eigenvalue weighted by Crippen LogP contribution is -2.10. The first-order chi connectivity index (χ1) is 12.0. The van der Waals surface area contributed by atoms with E-state index >= 15 is 0 Å². The van der Waals surface area contributed by atoms with Crippen LogP contribution < -0.4 is 10.1 Å². The van der Waals surface area contributed by atoms with Gasteiger partial charge in [0.15, 0.2) is 0 Å². The number of amides is 1. The largest absolute Gasteiger partial charge is 0.494 e. The second kappa shape index (κ2) is 8.68. The summed E-state index contributed by atoms with van der Waals surface area (Å²) in [5, 5.41) is 2.79. The molecule has 0 spiro atoms. The molecule has 130 valence electrons. The van der Waals surface area contributed by atoms with Crippen molar-refractivity contribution in [1.82, 2.24) is 0 Å². The summed E-state index contributed by atoms with van der Waals surface area (Å²) in [5.41, 5.74) is 2.78. The molecule has 0 aliphatic rings. The van der Waals surface area contributed by atoms with Gasteiger partial charge >= 0.3 is 5.97 Å². The number of benzene rings is 2. The highest BCUT2D eigenvalue weighted by Gasteiger charge is 2.08. The predicted octanol–water partition coefficient (Wildman–Crippen LogP) is 3.83. The first kappa shape index (κ1) is 18.3. The summed E-state index contributed by atoms with van der Waals surface area (Å²) in [5.74, 6) is 0.143. The van der Waals surface area contributed by atoms with Crippen LogP contribution in [0.2, 0.25) is 0 Å². The molecule has 1 amide bonds. The van der Waals surface area contributed by atoms with Gasteiger partial charge in [0.25, 0.3) is 0 Å². The summed E-state index contributed by atoms with van der Waals surface area (Å²) >= 11 is 0. The highest BCUT2D eigenvalue weighted by molar-refractivity contribution is 6.02. The molecule has 0 aromatic heterocycles. The molecule has 0 aliphatic heterocycles. The minimum Gasteiger partial charge on any atom is -0.494 e. The van der Waals surface area contributed by atoms with E-state index in [-0.39, 0.29) is 5.91 Å². The number of rotatable bonds is 6. The molecule has 5 nitrogen and oxygen atoms in total. The SMILES string of the molecule is CCOc1ccc(/C=C/C(=O)Nc2ccc(C(=O)OC)cc2C)cc1. The Morgan fingerprint density at radius 1 is 1.12 bits per heavy atom. The van der Waals surface area contributed by atoms with Gasteiger partial charge in [-0.1, -0.05) is 12.1 Å². The molecule has 5 heteroatoms. The first-order valence-corrected chi connectivity index (χ1v) is 7.94. The van der Waals surface area contributed by atoms with Crippen molar-refractivity contribution in [1.29, 1.82) is 0 Å². The second-order valence-corrected chi connectivity index (χ2v) is 5.35. The van der Waals surface area contributed by atoms with E-state index in [1.807, 2.05) is 38.1 Å². The number of anilines is 1. The van der Waals surface area contributed by atoms with Gasteiger partial charge in [-0.15, -0.1) is 0 Å². The minimum atomic E-state index is -0.406. The molecule has 0 atom stereocenters. The maximum atomic E-state index is 12.1. The quantitative estimate of drug-likeness (QED) is 0.642. The van der Waals surface area contributed by atoms with Gasteiger partial charge in [-0.05, 0) is 61.4 Å². The fourth-order valence-corrected chi connectivity index (χ4v) is 2.24. The van der Waals surface area contributed by atoms with Gasteiger partial charge in [-0.25, -0.2) is 4.79 Å². The minimum absolute atomic E-state index is 0.247. The van der Waals surface area contributed by atoms with Crippen molar-refractivity contribution in [2.75, 3.05) is 19.0 Å². The van der Waals surface area contributed by atoms with E-state index in [0.29, 0.717) is 17.9 Å². The fourth-order valence-electron chi connectivity index (χ4n) is 2.24. The molecule has 0 saturated carbocycles. The van der Waals surface area contributed by atoms with Crippen LogP contribution in [0.5, 0.6) is 5.75 Å². The Kier molecular flexibility index (Phi) is 6.34. The summed E-state index contributed by atoms with van der Waals surface area (Å²) in [6.07, 6.45) is 3.19. The van der Waals surface area contributed by atoms with Crippen LogP contribution >= 0.6 is 0 Å². The van der Waals surface area contributed by atoms with Crippen molar-refractivity contribution in [2.45, 2.75) is 13.8 Å². The molecular formula is C20H21NO4. The Hall–Kier alpha value is -3.08. The van der Waals surface area contributed by atoms with Crippen LogP contribution in [0, 0.1) is 6.92 Å². The Morgan fingerprint density at radius 3 is 2.44 bits per heavy atom. The van der Waals surface area contributed by atoms with Gasteiger partial charge in [0.1, 0.15) is 5.75 Å². The molecule has 0 aliphatic carbocycles. The van der Waals surface area contributed by atoms with Crippen LogP contribution in [-0.4, -0.2) is 25.6 Å². The summed E-state index contributed by atoms with van der Waals surface area (Å²) in [4.78, 5) is 23.6. The standard InChI is InChI=1S/C20H21NO4/c1-4-25-17-9-5-15(6-10-17)7-12-19(22)21-18-11-8-16(13-14(18)2)20(23)24-3/h5-13H,4H2,1-3H3,(H,21,22)/b12-7+. The van der Waals surface area contributed by atoms with Gasteiger partial charge < -0.3 is 14.8 Å². The first-order valence-electron chi connectivity index (χ1n) is 7.94. The van der Waals surface area contributed by atoms with Crippen molar-refractivity contribution in [3.8, 4) is 5.75 Å². The van der Waals surface area contributed by atoms with Crippen molar-refractivity contribution < 1.29 is 19.1 Å². The molecule has 0 unspecified atom stereocenters. The summed E-state index contributed by atoms with van der Waals surface area (Å²) in [7, 11) is 1.33. The Labute approximate surface area is 147 Å². The van der Waals surface area contributed by atoms with Crippen LogP contribution in [0.15, 0.2) is 48.5 Å². The van der Waals surface area contributed by atoms with E-state index in [0.717, 1.165) is 16.9 Å². The zero-order chi connectivity index (χ0) is 18.2. The molecule has 2 aromatic rings. The lowest BCUT2D eigenvalue weighted by atomic mass is 10.1. The van der Waals surface area contributed by atoms with E-state index in [4.69, 9.17) is 4.74 Å². The fraction of sp³-hybridized carbons (Fsp3) is 0.200. The third-order valence-corrected chi connectivity index (χ3v) is 3.52. The Morgan fingerprint density at radius 2 is 1.84 bits per heavy atom. The van der Waals surface area contributed by atoms with E-state index in [1.165, 1.54) is 13.2 Å². The molecule has 2 rings (SSSR count). The topological polar surface area (TPSA) is 64.6 Å². The van der Waals surface area contributed by atoms with Gasteiger partial charge in [-0.2, -0.15) is 0 Å². The van der Waals surface area contributed by atoms with Crippen LogP contribution in [0.1, 0.15) is 28.4 Å². The number of hydrogen-bond acceptors (Lipinski definition) is 4. The monoisotopic (exact) mass is 339 g/mol. The van der Waals surface area contributed by atoms with Crippen molar-refractivity contribution in [3.05, 3.63) is 65.2 Å². The predicted molar refractivity (Wildman–Crippen MR) is 97.8 cm³/mol. The highest BCUT2D eigenvalue weighted by Crippen LogP contribution is 2.17. The number of aryl methyl sites for hydroxylation is 1. The molecule has 0 bridgehead atoms. The van der Waals surface area contributed by atoms with Gasteiger partial charge in [0.2, 0.25) is 5.91 Å². The third kappa shape index (κ3) is 5.21. The lowest BCUT2D eigenvalue weighted by molar-refractivity contribution is -0.111. The maximum absolute atomic E-state index is 12.1. The van der Waals surface area contributed by atoms with Gasteiger partial charge in [0.05, 0.1) is 19.3 Å². The maximum Gasteiger partial charge on any atom is 0.337 e. The normalized spacial score (nSPS) is 10.5. The number of ether oxygens (including phenoxy) is 2. The number of nitrogens with one attached hydrogen (secondary N) is 1. The van der Waals surface area contributed by atoms with Crippen LogP contribution in [0.4, 0.5) is 5.69 Å². The average Bonchev–Trinajstić information content (AvgIpc) is 2.62. The lowest BCUT2D eigenvalue weighted by Gasteiger charge is -2.08. The Balaban J connectivity index is 2.01. The molecular weight excluding hydrogens is 318 g/mol. The number of methoxy groups -OCH3 is 1. The number of hydrogen-bond donors (Lipinski definition) is 1. The van der Waals surface area contributed by atoms with Gasteiger partial charge in [-0.3, -0.25) is 4.79 Å². The zero-order valence-electron chi connectivity index (χ0n) is 14.5. The van der Waals surface area contributed by atoms with E-state index < -0.39 is 5.97 Å². The smallest absolute Gasteiger partial charge is 0.337 e. The zero-order valence-corrected chi connectivity index (χ0v) is 14.5. The summed E-state index contributed by atoms with van der Waals surface area (Å²) in [6, 6.07) is 12.5. The highest BCUT2D eigenvalue weighted by atomic mass is 16.5.